The van der Waals surface area contributed by atoms with E-state index in [4.69, 9.17) is 11.6 Å². The summed E-state index contributed by atoms with van der Waals surface area (Å²) < 4.78 is 0. The molecule has 2 atom stereocenters. The number of aliphatic hydroxyl groups is 1. The summed E-state index contributed by atoms with van der Waals surface area (Å²) in [5.74, 6) is 0. The lowest BCUT2D eigenvalue weighted by molar-refractivity contribution is -0.709. The van der Waals surface area contributed by atoms with Crippen molar-refractivity contribution in [3.8, 4) is 0 Å². The van der Waals surface area contributed by atoms with Gasteiger partial charge in [0, 0.05) is 10.6 Å². The van der Waals surface area contributed by atoms with Crippen LogP contribution in [0.25, 0.3) is 0 Å². The minimum Gasteiger partial charge on any atom is -0.382 e. The Hall–Kier alpha value is -1.35. The standard InChI is InChI=1S/C16H18ClNO/c1-12(16(19)13-7-3-2-4-8-13)18-11-14-9-5-6-10-15(14)17/h2-10,12,16,18-19H,11H2,1H3/p+1/t12-,16+/m1/s1. The highest BCUT2D eigenvalue weighted by Crippen LogP contribution is 2.15. The van der Waals surface area contributed by atoms with Gasteiger partial charge in [0.1, 0.15) is 18.7 Å². The molecule has 19 heavy (non-hydrogen) atoms. The van der Waals surface area contributed by atoms with E-state index in [1.807, 2.05) is 61.5 Å². The largest absolute Gasteiger partial charge is 0.382 e. The van der Waals surface area contributed by atoms with E-state index >= 15 is 0 Å². The van der Waals surface area contributed by atoms with E-state index in [1.165, 1.54) is 0 Å². The lowest BCUT2D eigenvalue weighted by atomic mass is 10.0. The number of hydrogen-bond donors (Lipinski definition) is 2. The molecule has 0 amide bonds. The van der Waals surface area contributed by atoms with Crippen LogP contribution in [0, 0.1) is 0 Å². The molecule has 0 aliphatic rings. The first-order chi connectivity index (χ1) is 9.18. The Bertz CT molecular complexity index is 515. The molecule has 2 nitrogen and oxygen atoms in total. The van der Waals surface area contributed by atoms with Crippen molar-refractivity contribution >= 4 is 11.6 Å². The van der Waals surface area contributed by atoms with E-state index < -0.39 is 6.10 Å². The van der Waals surface area contributed by atoms with Crippen molar-refractivity contribution in [2.45, 2.75) is 25.6 Å². The van der Waals surface area contributed by atoms with Crippen LogP contribution in [0.3, 0.4) is 0 Å². The lowest BCUT2D eigenvalue weighted by Gasteiger charge is -2.18. The lowest BCUT2D eigenvalue weighted by Crippen LogP contribution is -2.89. The molecule has 3 N–H and O–H groups in total. The Morgan fingerprint density at radius 3 is 2.37 bits per heavy atom. The molecule has 0 aliphatic heterocycles. The molecule has 100 valence electrons. The van der Waals surface area contributed by atoms with E-state index in [0.717, 1.165) is 22.7 Å². The highest BCUT2D eigenvalue weighted by Gasteiger charge is 2.19. The molecule has 0 unspecified atom stereocenters. The summed E-state index contributed by atoms with van der Waals surface area (Å²) in [6.45, 7) is 2.79. The Morgan fingerprint density at radius 2 is 1.68 bits per heavy atom. The van der Waals surface area contributed by atoms with E-state index in [1.54, 1.807) is 0 Å². The van der Waals surface area contributed by atoms with E-state index in [9.17, 15) is 5.11 Å². The van der Waals surface area contributed by atoms with E-state index in [-0.39, 0.29) is 6.04 Å². The quantitative estimate of drug-likeness (QED) is 0.865. The van der Waals surface area contributed by atoms with Gasteiger partial charge >= 0.3 is 0 Å². The summed E-state index contributed by atoms with van der Waals surface area (Å²) in [7, 11) is 0. The topological polar surface area (TPSA) is 36.8 Å². The van der Waals surface area contributed by atoms with Crippen LogP contribution < -0.4 is 5.32 Å². The highest BCUT2D eigenvalue weighted by atomic mass is 35.5. The number of hydrogen-bond acceptors (Lipinski definition) is 1. The van der Waals surface area contributed by atoms with Crippen molar-refractivity contribution in [2.24, 2.45) is 0 Å². The predicted molar refractivity (Wildman–Crippen MR) is 77.9 cm³/mol. The maximum absolute atomic E-state index is 10.3. The van der Waals surface area contributed by atoms with Crippen molar-refractivity contribution in [3.63, 3.8) is 0 Å². The van der Waals surface area contributed by atoms with Crippen molar-refractivity contribution < 1.29 is 10.4 Å². The van der Waals surface area contributed by atoms with Gasteiger partial charge in [-0.1, -0.05) is 60.1 Å². The van der Waals surface area contributed by atoms with Crippen molar-refractivity contribution in [3.05, 3.63) is 70.7 Å². The molecule has 0 fully saturated rings. The molecular weight excluding hydrogens is 258 g/mol. The fraction of sp³-hybridized carbons (Fsp3) is 0.250. The molecule has 0 heterocycles. The number of benzene rings is 2. The third-order valence-corrected chi connectivity index (χ3v) is 3.68. The van der Waals surface area contributed by atoms with Gasteiger partial charge in [-0.05, 0) is 18.6 Å². The Labute approximate surface area is 119 Å². The van der Waals surface area contributed by atoms with Gasteiger partial charge in [0.15, 0.2) is 0 Å². The smallest absolute Gasteiger partial charge is 0.130 e. The zero-order valence-corrected chi connectivity index (χ0v) is 11.7. The van der Waals surface area contributed by atoms with Crippen molar-refractivity contribution in [1.82, 2.24) is 0 Å². The zero-order valence-electron chi connectivity index (χ0n) is 11.0. The monoisotopic (exact) mass is 276 g/mol. The SMILES string of the molecule is C[C@@H]([NH2+]Cc1ccccc1Cl)[C@H](O)c1ccccc1. The Kier molecular flexibility index (Phi) is 4.97. The summed E-state index contributed by atoms with van der Waals surface area (Å²) in [6.07, 6.45) is -0.469. The number of quaternary nitrogens is 1. The van der Waals surface area contributed by atoms with E-state index in [0.29, 0.717) is 0 Å². The van der Waals surface area contributed by atoms with Crippen LogP contribution >= 0.6 is 11.6 Å². The third-order valence-electron chi connectivity index (χ3n) is 3.31. The number of aliphatic hydroxyl groups excluding tert-OH is 1. The molecule has 0 aromatic heterocycles. The molecule has 0 saturated carbocycles. The van der Waals surface area contributed by atoms with Gasteiger partial charge in [0.05, 0.1) is 0 Å². The van der Waals surface area contributed by atoms with Crippen LogP contribution in [-0.4, -0.2) is 11.1 Å². The van der Waals surface area contributed by atoms with Crippen LogP contribution in [0.15, 0.2) is 54.6 Å². The summed E-state index contributed by atoms with van der Waals surface area (Å²) in [4.78, 5) is 0. The summed E-state index contributed by atoms with van der Waals surface area (Å²) >= 11 is 6.12. The maximum atomic E-state index is 10.3. The van der Waals surface area contributed by atoms with Gasteiger partial charge in [0.25, 0.3) is 0 Å². The molecule has 0 saturated heterocycles. The number of nitrogens with two attached hydrogens (primary N) is 1. The second kappa shape index (κ2) is 6.71. The molecular formula is C16H19ClNO+. The minimum absolute atomic E-state index is 0.0821. The predicted octanol–water partition coefficient (Wildman–Crippen LogP) is 2.53. The maximum Gasteiger partial charge on any atom is 0.130 e. The molecule has 3 heteroatoms. The molecule has 0 spiro atoms. The van der Waals surface area contributed by atoms with E-state index in [2.05, 4.69) is 5.32 Å². The molecule has 2 rings (SSSR count). The van der Waals surface area contributed by atoms with Crippen LogP contribution in [0.4, 0.5) is 0 Å². The van der Waals surface area contributed by atoms with Gasteiger partial charge in [-0.25, -0.2) is 0 Å². The van der Waals surface area contributed by atoms with Crippen LogP contribution in [0.2, 0.25) is 5.02 Å². The first kappa shape index (κ1) is 14.1. The number of rotatable bonds is 5. The Morgan fingerprint density at radius 1 is 1.05 bits per heavy atom. The third kappa shape index (κ3) is 3.80. The molecule has 2 aromatic carbocycles. The summed E-state index contributed by atoms with van der Waals surface area (Å²) in [5.41, 5.74) is 2.04. The minimum atomic E-state index is -0.469. The van der Waals surface area contributed by atoms with Crippen LogP contribution in [-0.2, 0) is 6.54 Å². The second-order valence-corrected chi connectivity index (χ2v) is 5.15. The van der Waals surface area contributed by atoms with Gasteiger partial charge in [-0.15, -0.1) is 0 Å². The first-order valence-electron chi connectivity index (χ1n) is 6.48. The van der Waals surface area contributed by atoms with Gasteiger partial charge in [-0.2, -0.15) is 0 Å². The molecule has 0 radical (unpaired) electrons. The fourth-order valence-electron chi connectivity index (χ4n) is 2.06. The fourth-order valence-corrected chi connectivity index (χ4v) is 2.27. The molecule has 0 aliphatic carbocycles. The summed E-state index contributed by atoms with van der Waals surface area (Å²) in [5, 5.41) is 13.2. The second-order valence-electron chi connectivity index (χ2n) is 4.75. The van der Waals surface area contributed by atoms with Crippen LogP contribution in [0.5, 0.6) is 0 Å². The molecule has 2 aromatic rings. The number of halogens is 1. The summed E-state index contributed by atoms with van der Waals surface area (Å²) in [6, 6.07) is 17.6. The van der Waals surface area contributed by atoms with Crippen LogP contribution in [0.1, 0.15) is 24.2 Å². The Balaban J connectivity index is 1.95. The molecule has 0 bridgehead atoms. The van der Waals surface area contributed by atoms with Gasteiger partial charge < -0.3 is 10.4 Å². The average molecular weight is 277 g/mol. The average Bonchev–Trinajstić information content (AvgIpc) is 2.46. The van der Waals surface area contributed by atoms with Gasteiger partial charge in [0.2, 0.25) is 0 Å². The first-order valence-corrected chi connectivity index (χ1v) is 6.86. The van der Waals surface area contributed by atoms with Gasteiger partial charge in [-0.3, -0.25) is 0 Å². The van der Waals surface area contributed by atoms with Crippen molar-refractivity contribution in [1.29, 1.82) is 0 Å². The normalized spacial score (nSPS) is 14.1. The zero-order chi connectivity index (χ0) is 13.7. The van der Waals surface area contributed by atoms with Crippen molar-refractivity contribution in [2.75, 3.05) is 0 Å². The highest BCUT2D eigenvalue weighted by molar-refractivity contribution is 6.31.